The molecule has 0 radical (unpaired) electrons. The molecule has 0 bridgehead atoms. The topological polar surface area (TPSA) is 12.0 Å². The van der Waals surface area contributed by atoms with Crippen molar-refractivity contribution in [2.24, 2.45) is 0 Å². The Kier molecular flexibility index (Phi) is 3.67. The summed E-state index contributed by atoms with van der Waals surface area (Å²) in [6, 6.07) is 13.6. The van der Waals surface area contributed by atoms with Crippen LogP contribution in [0.2, 0.25) is 0 Å². The Hall–Kier alpha value is -1.19. The second-order valence-electron chi connectivity index (χ2n) is 5.01. The Labute approximate surface area is 121 Å². The van der Waals surface area contributed by atoms with Gasteiger partial charge in [0.25, 0.3) is 0 Å². The normalized spacial score (nSPS) is 16.8. The van der Waals surface area contributed by atoms with E-state index < -0.39 is 0 Å². The molecule has 3 heteroatoms. The van der Waals surface area contributed by atoms with E-state index in [1.807, 2.05) is 6.07 Å². The summed E-state index contributed by atoms with van der Waals surface area (Å²) < 4.78 is 14.0. The lowest BCUT2D eigenvalue weighted by atomic mass is 9.77. The Balaban J connectivity index is 1.55. The van der Waals surface area contributed by atoms with Gasteiger partial charge in [-0.05, 0) is 41.3 Å². The first-order valence-electron chi connectivity index (χ1n) is 6.46. The molecule has 1 atom stereocenters. The minimum absolute atomic E-state index is 0.194. The van der Waals surface area contributed by atoms with Crippen LogP contribution in [0.1, 0.15) is 22.6 Å². The Morgan fingerprint density at radius 1 is 1.21 bits per heavy atom. The SMILES string of the molecule is Fc1cc(Br)cc(CNCC2Cc3ccccc32)c1. The molecule has 0 spiro atoms. The van der Waals surface area contributed by atoms with Crippen molar-refractivity contribution in [3.05, 3.63) is 69.4 Å². The molecule has 1 aliphatic rings. The average molecular weight is 320 g/mol. The van der Waals surface area contributed by atoms with Gasteiger partial charge in [-0.15, -0.1) is 0 Å². The van der Waals surface area contributed by atoms with Gasteiger partial charge in [0.1, 0.15) is 5.82 Å². The van der Waals surface area contributed by atoms with E-state index in [1.165, 1.54) is 17.2 Å². The molecule has 19 heavy (non-hydrogen) atoms. The molecule has 0 saturated carbocycles. The van der Waals surface area contributed by atoms with Gasteiger partial charge in [0, 0.05) is 23.5 Å². The van der Waals surface area contributed by atoms with Crippen molar-refractivity contribution in [3.63, 3.8) is 0 Å². The largest absolute Gasteiger partial charge is 0.312 e. The van der Waals surface area contributed by atoms with E-state index in [0.29, 0.717) is 12.5 Å². The molecule has 98 valence electrons. The predicted molar refractivity (Wildman–Crippen MR) is 78.7 cm³/mol. The summed E-state index contributed by atoms with van der Waals surface area (Å²) >= 11 is 3.31. The fourth-order valence-electron chi connectivity index (χ4n) is 2.65. The summed E-state index contributed by atoms with van der Waals surface area (Å²) in [5, 5.41) is 3.41. The van der Waals surface area contributed by atoms with Gasteiger partial charge in [0.15, 0.2) is 0 Å². The van der Waals surface area contributed by atoms with Gasteiger partial charge < -0.3 is 5.32 Å². The highest BCUT2D eigenvalue weighted by atomic mass is 79.9. The lowest BCUT2D eigenvalue weighted by molar-refractivity contribution is 0.534. The van der Waals surface area contributed by atoms with Crippen molar-refractivity contribution >= 4 is 15.9 Å². The summed E-state index contributed by atoms with van der Waals surface area (Å²) in [5.41, 5.74) is 3.89. The zero-order valence-corrected chi connectivity index (χ0v) is 12.1. The maximum absolute atomic E-state index is 13.2. The number of rotatable bonds is 4. The highest BCUT2D eigenvalue weighted by molar-refractivity contribution is 9.10. The zero-order chi connectivity index (χ0) is 13.2. The van der Waals surface area contributed by atoms with E-state index in [0.717, 1.165) is 23.0 Å². The number of fused-ring (bicyclic) bond motifs is 1. The second kappa shape index (κ2) is 5.43. The molecule has 1 N–H and O–H groups in total. The minimum Gasteiger partial charge on any atom is -0.312 e. The number of halogens is 2. The van der Waals surface area contributed by atoms with E-state index in [1.54, 1.807) is 6.07 Å². The molecule has 2 aromatic carbocycles. The highest BCUT2D eigenvalue weighted by Gasteiger charge is 2.24. The van der Waals surface area contributed by atoms with Gasteiger partial charge in [0.05, 0.1) is 0 Å². The molecule has 2 aromatic rings. The minimum atomic E-state index is -0.194. The number of nitrogens with one attached hydrogen (secondary N) is 1. The lowest BCUT2D eigenvalue weighted by Crippen LogP contribution is -2.28. The predicted octanol–water partition coefficient (Wildman–Crippen LogP) is 4.02. The van der Waals surface area contributed by atoms with E-state index in [9.17, 15) is 4.39 Å². The number of hydrogen-bond donors (Lipinski definition) is 1. The van der Waals surface area contributed by atoms with Crippen LogP contribution in [0, 0.1) is 5.82 Å². The van der Waals surface area contributed by atoms with Gasteiger partial charge >= 0.3 is 0 Å². The van der Waals surface area contributed by atoms with Crippen molar-refractivity contribution in [1.29, 1.82) is 0 Å². The Bertz CT molecular complexity index is 577. The van der Waals surface area contributed by atoms with E-state index in [4.69, 9.17) is 0 Å². The molecule has 1 aliphatic carbocycles. The zero-order valence-electron chi connectivity index (χ0n) is 10.5. The summed E-state index contributed by atoms with van der Waals surface area (Å²) in [4.78, 5) is 0. The third-order valence-electron chi connectivity index (χ3n) is 3.60. The monoisotopic (exact) mass is 319 g/mol. The van der Waals surface area contributed by atoms with Crippen LogP contribution in [0.3, 0.4) is 0 Å². The van der Waals surface area contributed by atoms with Gasteiger partial charge in [-0.2, -0.15) is 0 Å². The van der Waals surface area contributed by atoms with Crippen LogP contribution in [-0.4, -0.2) is 6.54 Å². The molecule has 0 amide bonds. The summed E-state index contributed by atoms with van der Waals surface area (Å²) in [5.74, 6) is 0.411. The second-order valence-corrected chi connectivity index (χ2v) is 5.92. The van der Waals surface area contributed by atoms with Gasteiger partial charge in [-0.1, -0.05) is 40.2 Å². The van der Waals surface area contributed by atoms with E-state index in [2.05, 4.69) is 45.5 Å². The van der Waals surface area contributed by atoms with E-state index >= 15 is 0 Å². The molecule has 0 fully saturated rings. The van der Waals surface area contributed by atoms with Crippen molar-refractivity contribution < 1.29 is 4.39 Å². The lowest BCUT2D eigenvalue weighted by Gasteiger charge is -2.30. The first-order chi connectivity index (χ1) is 9.22. The first-order valence-corrected chi connectivity index (χ1v) is 7.25. The molecular formula is C16H15BrFN. The smallest absolute Gasteiger partial charge is 0.124 e. The third-order valence-corrected chi connectivity index (χ3v) is 4.06. The maximum atomic E-state index is 13.2. The molecule has 3 rings (SSSR count). The molecule has 1 nitrogen and oxygen atoms in total. The molecular weight excluding hydrogens is 305 g/mol. The van der Waals surface area contributed by atoms with E-state index in [-0.39, 0.29) is 5.82 Å². The molecule has 1 unspecified atom stereocenters. The van der Waals surface area contributed by atoms with Crippen LogP contribution in [-0.2, 0) is 13.0 Å². The van der Waals surface area contributed by atoms with Crippen LogP contribution < -0.4 is 5.32 Å². The third kappa shape index (κ3) is 2.88. The standard InChI is InChI=1S/C16H15BrFN/c17-14-5-11(6-15(18)8-14)9-19-10-13-7-12-3-1-2-4-16(12)13/h1-6,8,13,19H,7,9-10H2. The van der Waals surface area contributed by atoms with Gasteiger partial charge in [0.2, 0.25) is 0 Å². The Morgan fingerprint density at radius 2 is 2.05 bits per heavy atom. The summed E-state index contributed by atoms with van der Waals surface area (Å²) in [6.45, 7) is 1.65. The fraction of sp³-hybridized carbons (Fsp3) is 0.250. The number of benzene rings is 2. The van der Waals surface area contributed by atoms with Crippen LogP contribution in [0.4, 0.5) is 4.39 Å². The molecule has 0 heterocycles. The summed E-state index contributed by atoms with van der Waals surface area (Å²) in [7, 11) is 0. The molecule has 0 saturated heterocycles. The van der Waals surface area contributed by atoms with Crippen molar-refractivity contribution in [2.75, 3.05) is 6.54 Å². The molecule has 0 aliphatic heterocycles. The average Bonchev–Trinajstić information content (AvgIpc) is 2.34. The van der Waals surface area contributed by atoms with Crippen molar-refractivity contribution in [1.82, 2.24) is 5.32 Å². The fourth-order valence-corrected chi connectivity index (χ4v) is 3.16. The van der Waals surface area contributed by atoms with Crippen molar-refractivity contribution in [3.8, 4) is 0 Å². The van der Waals surface area contributed by atoms with Crippen molar-refractivity contribution in [2.45, 2.75) is 18.9 Å². The van der Waals surface area contributed by atoms with Crippen LogP contribution >= 0.6 is 15.9 Å². The quantitative estimate of drug-likeness (QED) is 0.897. The van der Waals surface area contributed by atoms with Crippen LogP contribution in [0.15, 0.2) is 46.9 Å². The van der Waals surface area contributed by atoms with Gasteiger partial charge in [-0.25, -0.2) is 4.39 Å². The summed E-state index contributed by atoms with van der Waals surface area (Å²) in [6.07, 6.45) is 1.15. The highest BCUT2D eigenvalue weighted by Crippen LogP contribution is 2.34. The maximum Gasteiger partial charge on any atom is 0.124 e. The first kappa shape index (κ1) is 12.8. The Morgan fingerprint density at radius 3 is 2.84 bits per heavy atom. The van der Waals surface area contributed by atoms with Crippen LogP contribution in [0.5, 0.6) is 0 Å². The van der Waals surface area contributed by atoms with Gasteiger partial charge in [-0.3, -0.25) is 0 Å². The molecule has 0 aromatic heterocycles. The van der Waals surface area contributed by atoms with Crippen LogP contribution in [0.25, 0.3) is 0 Å². The number of hydrogen-bond acceptors (Lipinski definition) is 1.